The number of fused-ring (bicyclic) bond motifs is 2. The number of carbonyl (C=O) groups excluding carboxylic acids is 2. The van der Waals surface area contributed by atoms with Crippen LogP contribution in [0.5, 0.6) is 5.88 Å². The Balaban J connectivity index is 1.73. The first-order valence-electron chi connectivity index (χ1n) is 11.7. The topological polar surface area (TPSA) is 139 Å². The van der Waals surface area contributed by atoms with Crippen LogP contribution in [0.3, 0.4) is 0 Å². The van der Waals surface area contributed by atoms with Gasteiger partial charge in [0.15, 0.2) is 24.2 Å². The van der Waals surface area contributed by atoms with E-state index in [1.54, 1.807) is 12.1 Å². The van der Waals surface area contributed by atoms with Crippen molar-refractivity contribution in [3.05, 3.63) is 45.5 Å². The molecule has 9 nitrogen and oxygen atoms in total. The van der Waals surface area contributed by atoms with E-state index in [-0.39, 0.29) is 29.8 Å². The van der Waals surface area contributed by atoms with Crippen LogP contribution < -0.4 is 21.1 Å². The van der Waals surface area contributed by atoms with Crippen molar-refractivity contribution in [3.8, 4) is 5.88 Å². The van der Waals surface area contributed by atoms with Crippen molar-refractivity contribution in [1.29, 1.82) is 0 Å². The molecule has 12 heteroatoms. The summed E-state index contributed by atoms with van der Waals surface area (Å²) in [5.74, 6) is -1.03. The number of nitrogens with two attached hydrogens (primary N) is 1. The fraction of sp³-hybridized carbons (Fsp3) is 0.440. The average molecular weight is 536 g/mol. The summed E-state index contributed by atoms with van der Waals surface area (Å²) in [6, 6.07) is 5.19. The van der Waals surface area contributed by atoms with Crippen LogP contribution in [-0.4, -0.2) is 46.4 Å². The van der Waals surface area contributed by atoms with Gasteiger partial charge in [-0.1, -0.05) is 37.6 Å². The third kappa shape index (κ3) is 5.67. The van der Waals surface area contributed by atoms with Crippen molar-refractivity contribution in [1.82, 2.24) is 10.3 Å². The predicted octanol–water partition coefficient (Wildman–Crippen LogP) is 3.61. The normalized spacial score (nSPS) is 17.2. The zero-order valence-electron chi connectivity index (χ0n) is 20.6. The van der Waals surface area contributed by atoms with E-state index in [0.29, 0.717) is 41.1 Å². The number of anilines is 1. The van der Waals surface area contributed by atoms with Crippen molar-refractivity contribution in [3.63, 3.8) is 0 Å². The van der Waals surface area contributed by atoms with Crippen molar-refractivity contribution in [2.75, 3.05) is 11.9 Å². The van der Waals surface area contributed by atoms with Crippen molar-refractivity contribution in [2.24, 2.45) is 10.7 Å². The van der Waals surface area contributed by atoms with Gasteiger partial charge in [0.2, 0.25) is 5.88 Å². The van der Waals surface area contributed by atoms with Crippen LogP contribution in [0.1, 0.15) is 60.7 Å². The largest absolute Gasteiger partial charge is 0.471 e. The Bertz CT molecular complexity index is 1290. The highest BCUT2D eigenvalue weighted by molar-refractivity contribution is 6.34. The van der Waals surface area contributed by atoms with Gasteiger partial charge in [-0.3, -0.25) is 9.59 Å². The highest BCUT2D eigenvalue weighted by atomic mass is 35.5. The molecule has 0 bridgehead atoms. The first-order valence-corrected chi connectivity index (χ1v) is 12.1. The van der Waals surface area contributed by atoms with E-state index in [4.69, 9.17) is 22.1 Å². The van der Waals surface area contributed by atoms with Crippen molar-refractivity contribution >= 4 is 40.8 Å². The number of halogens is 3. The van der Waals surface area contributed by atoms with E-state index in [2.05, 4.69) is 20.6 Å². The molecule has 2 aliphatic rings. The van der Waals surface area contributed by atoms with E-state index in [1.807, 2.05) is 19.9 Å². The number of amides is 1. The van der Waals surface area contributed by atoms with Gasteiger partial charge in [-0.25, -0.2) is 8.78 Å². The highest BCUT2D eigenvalue weighted by Gasteiger charge is 2.47. The van der Waals surface area contributed by atoms with Gasteiger partial charge in [-0.05, 0) is 54.4 Å². The molecule has 1 fully saturated rings. The van der Waals surface area contributed by atoms with Crippen LogP contribution in [0, 0.1) is 0 Å². The summed E-state index contributed by atoms with van der Waals surface area (Å²) < 4.78 is 30.6. The van der Waals surface area contributed by atoms with Crippen LogP contribution in [-0.2, 0) is 23.2 Å². The lowest BCUT2D eigenvalue weighted by molar-refractivity contribution is -0.131. The Kier molecular flexibility index (Phi) is 7.13. The molecule has 5 N–H and O–H groups in total. The summed E-state index contributed by atoms with van der Waals surface area (Å²) in [4.78, 5) is 33.0. The van der Waals surface area contributed by atoms with Gasteiger partial charge in [0.05, 0.1) is 16.3 Å². The summed E-state index contributed by atoms with van der Waals surface area (Å²) in [5.41, 5.74) is 6.82. The number of rotatable bonds is 7. The van der Waals surface area contributed by atoms with Crippen LogP contribution in [0.2, 0.25) is 5.02 Å². The van der Waals surface area contributed by atoms with Gasteiger partial charge in [0.25, 0.3) is 12.3 Å². The van der Waals surface area contributed by atoms with Crippen molar-refractivity contribution < 1.29 is 28.2 Å². The molecule has 4 rings (SSSR count). The minimum atomic E-state index is -2.75. The van der Waals surface area contributed by atoms with E-state index in [1.165, 1.54) is 6.92 Å². The molecule has 1 saturated carbocycles. The fourth-order valence-corrected chi connectivity index (χ4v) is 4.51. The molecule has 2 aromatic rings. The number of guanidine groups is 1. The van der Waals surface area contributed by atoms with E-state index >= 15 is 0 Å². The lowest BCUT2D eigenvalue weighted by Crippen LogP contribution is -2.35. The number of ether oxygens (including phenoxy) is 1. The van der Waals surface area contributed by atoms with Crippen molar-refractivity contribution in [2.45, 2.75) is 64.0 Å². The number of aliphatic hydroxyl groups is 1. The third-order valence-electron chi connectivity index (χ3n) is 6.42. The Labute approximate surface area is 217 Å². The number of alkyl halides is 2. The molecule has 0 radical (unpaired) electrons. The van der Waals surface area contributed by atoms with Gasteiger partial charge < -0.3 is 26.2 Å². The maximum Gasteiger partial charge on any atom is 0.272 e. The van der Waals surface area contributed by atoms with E-state index in [0.717, 1.165) is 5.56 Å². The molecule has 1 aliphatic heterocycles. The number of carbonyl (C=O) groups is 2. The molecule has 37 heavy (non-hydrogen) atoms. The summed E-state index contributed by atoms with van der Waals surface area (Å²) in [7, 11) is 0. The zero-order valence-corrected chi connectivity index (χ0v) is 21.4. The standard InChI is InChI=1S/C25H28ClF2N5O4/c1-12(34)15-8-14-9-24(2,3)16-5-4-13(10-30-22(35)25(36)6-7-25)18(26)19(16)31-23(29)33-20(14)32-21(15)37-11-17(27)28/h4-5,8,17,36H,6-7,9-11H2,1-3H3,(H,30,35)(H3,29,31,32,33). The smallest absolute Gasteiger partial charge is 0.272 e. The Morgan fingerprint density at radius 1 is 1.32 bits per heavy atom. The Morgan fingerprint density at radius 2 is 2.03 bits per heavy atom. The van der Waals surface area contributed by atoms with Crippen LogP contribution >= 0.6 is 11.6 Å². The summed E-state index contributed by atoms with van der Waals surface area (Å²) >= 11 is 6.75. The molecule has 1 aromatic carbocycles. The number of hydrogen-bond acceptors (Lipinski definition) is 8. The van der Waals surface area contributed by atoms with E-state index in [9.17, 15) is 23.5 Å². The second-order valence-corrected chi connectivity index (χ2v) is 10.3. The number of pyridine rings is 1. The molecule has 198 valence electrons. The Morgan fingerprint density at radius 3 is 2.65 bits per heavy atom. The molecule has 0 unspecified atom stereocenters. The summed E-state index contributed by atoms with van der Waals surface area (Å²) in [6.45, 7) is 4.41. The number of benzene rings is 1. The minimum Gasteiger partial charge on any atom is -0.471 e. The lowest BCUT2D eigenvalue weighted by Gasteiger charge is -2.29. The number of nitrogens with one attached hydrogen (secondary N) is 2. The van der Waals surface area contributed by atoms with Gasteiger partial charge in [-0.2, -0.15) is 9.98 Å². The molecule has 0 spiro atoms. The summed E-state index contributed by atoms with van der Waals surface area (Å²) in [6.07, 6.45) is -1.54. The highest BCUT2D eigenvalue weighted by Crippen LogP contribution is 2.42. The molecular weight excluding hydrogens is 508 g/mol. The van der Waals surface area contributed by atoms with E-state index < -0.39 is 35.7 Å². The van der Waals surface area contributed by atoms with Crippen LogP contribution in [0.25, 0.3) is 0 Å². The Hall–Kier alpha value is -3.31. The maximum atomic E-state index is 12.8. The minimum absolute atomic E-state index is 0.0674. The molecule has 1 aliphatic carbocycles. The number of aromatic nitrogens is 1. The quantitative estimate of drug-likeness (QED) is 0.397. The van der Waals surface area contributed by atoms with Crippen LogP contribution in [0.4, 0.5) is 20.3 Å². The average Bonchev–Trinajstić information content (AvgIpc) is 3.56. The third-order valence-corrected chi connectivity index (χ3v) is 6.85. The first-order chi connectivity index (χ1) is 17.3. The predicted molar refractivity (Wildman–Crippen MR) is 135 cm³/mol. The number of aliphatic imine (C=N–C) groups is 1. The first kappa shape index (κ1) is 26.7. The molecule has 0 saturated heterocycles. The molecule has 1 aromatic heterocycles. The number of hydrogen-bond donors (Lipinski definition) is 4. The number of nitrogens with zero attached hydrogens (tertiary/aromatic N) is 2. The van der Waals surface area contributed by atoms with Gasteiger partial charge in [0, 0.05) is 6.54 Å². The SMILES string of the molecule is CC(=O)c1cc2c(nc1OCC(F)F)N=C(N)Nc1c(ccc(CNC(=O)C3(O)CC3)c1Cl)C(C)(C)C2. The van der Waals surface area contributed by atoms with Gasteiger partial charge >= 0.3 is 0 Å². The monoisotopic (exact) mass is 535 g/mol. The van der Waals surface area contributed by atoms with Crippen LogP contribution in [0.15, 0.2) is 23.2 Å². The lowest BCUT2D eigenvalue weighted by atomic mass is 9.77. The second kappa shape index (κ2) is 9.86. The fourth-order valence-electron chi connectivity index (χ4n) is 4.23. The molecule has 1 amide bonds. The molecule has 0 atom stereocenters. The molecular formula is C25H28ClF2N5O4. The second-order valence-electron chi connectivity index (χ2n) is 9.94. The maximum absolute atomic E-state index is 12.8. The van der Waals surface area contributed by atoms with Gasteiger partial charge in [-0.15, -0.1) is 0 Å². The number of ketones is 1. The zero-order chi connectivity index (χ0) is 27.1. The summed E-state index contributed by atoms with van der Waals surface area (Å²) in [5, 5.41) is 16.0. The number of Topliss-reactive ketones (excluding diaryl/α,β-unsaturated/α-hetero) is 1. The molecule has 2 heterocycles. The van der Waals surface area contributed by atoms with Gasteiger partial charge in [0.1, 0.15) is 5.60 Å².